The van der Waals surface area contributed by atoms with Gasteiger partial charge in [0.1, 0.15) is 10.9 Å². The zero-order valence-corrected chi connectivity index (χ0v) is 18.1. The third-order valence-electron chi connectivity index (χ3n) is 5.16. The summed E-state index contributed by atoms with van der Waals surface area (Å²) in [5, 5.41) is 0.173. The molecule has 0 saturated carbocycles. The largest absolute Gasteiger partial charge is 0.465 e. The molecule has 6 heteroatoms. The molecule has 5 nitrogen and oxygen atoms in total. The summed E-state index contributed by atoms with van der Waals surface area (Å²) in [7, 11) is 0. The van der Waals surface area contributed by atoms with Gasteiger partial charge in [0, 0.05) is 6.42 Å². The van der Waals surface area contributed by atoms with Crippen molar-refractivity contribution in [1.29, 1.82) is 0 Å². The molecule has 0 spiro atoms. The van der Waals surface area contributed by atoms with E-state index in [4.69, 9.17) is 4.74 Å². The molecule has 2 aliphatic rings. The second kappa shape index (κ2) is 8.48. The molecule has 2 aromatic carbocycles. The molecular formula is C24H24N2O3S. The molecule has 1 atom stereocenters. The van der Waals surface area contributed by atoms with Crippen LogP contribution in [0.25, 0.3) is 6.08 Å². The lowest BCUT2D eigenvalue weighted by Gasteiger charge is -2.19. The highest BCUT2D eigenvalue weighted by Crippen LogP contribution is 2.33. The van der Waals surface area contributed by atoms with Crippen molar-refractivity contribution in [2.24, 2.45) is 4.99 Å². The van der Waals surface area contributed by atoms with Crippen LogP contribution in [0.2, 0.25) is 0 Å². The molecule has 0 aliphatic carbocycles. The Labute approximate surface area is 180 Å². The van der Waals surface area contributed by atoms with E-state index in [0.717, 1.165) is 16.8 Å². The summed E-state index contributed by atoms with van der Waals surface area (Å²) in [6.45, 7) is 6.71. The molecule has 0 bridgehead atoms. The van der Waals surface area contributed by atoms with Gasteiger partial charge in [0.25, 0.3) is 5.91 Å². The zero-order chi connectivity index (χ0) is 21.3. The van der Waals surface area contributed by atoms with Gasteiger partial charge in [-0.05, 0) is 42.2 Å². The molecule has 4 rings (SSSR count). The van der Waals surface area contributed by atoms with Crippen molar-refractivity contribution in [3.8, 4) is 0 Å². The Hall–Kier alpha value is -2.86. The average molecular weight is 421 g/mol. The minimum Gasteiger partial charge on any atom is -0.465 e. The minimum atomic E-state index is -0.339. The number of carbonyl (C=O) groups is 2. The number of aryl methyl sites for hydroxylation is 1. The molecule has 1 saturated heterocycles. The van der Waals surface area contributed by atoms with Crippen LogP contribution in [0.4, 0.5) is 5.69 Å². The predicted molar refractivity (Wildman–Crippen MR) is 122 cm³/mol. The first kappa shape index (κ1) is 20.4. The number of thioether (sulfide) groups is 1. The zero-order valence-electron chi connectivity index (χ0n) is 17.3. The fourth-order valence-electron chi connectivity index (χ4n) is 3.34. The first-order valence-electron chi connectivity index (χ1n) is 10.1. The normalized spacial score (nSPS) is 20.3. The number of hydrogen-bond donors (Lipinski definition) is 0. The molecule has 0 aromatic heterocycles. The number of rotatable bonds is 4. The van der Waals surface area contributed by atoms with Crippen molar-refractivity contribution in [3.63, 3.8) is 0 Å². The third-order valence-corrected chi connectivity index (χ3v) is 6.36. The molecular weight excluding hydrogens is 396 g/mol. The quantitative estimate of drug-likeness (QED) is 0.521. The van der Waals surface area contributed by atoms with Gasteiger partial charge in [-0.15, -0.1) is 0 Å². The highest BCUT2D eigenvalue weighted by atomic mass is 32.2. The van der Waals surface area contributed by atoms with Crippen molar-refractivity contribution in [3.05, 3.63) is 70.9 Å². The Morgan fingerprint density at radius 2 is 1.80 bits per heavy atom. The number of anilines is 1. The van der Waals surface area contributed by atoms with Crippen LogP contribution in [0.1, 0.15) is 42.9 Å². The van der Waals surface area contributed by atoms with E-state index in [1.165, 1.54) is 17.3 Å². The Balaban J connectivity index is 1.67. The van der Waals surface area contributed by atoms with E-state index >= 15 is 0 Å². The average Bonchev–Trinajstić information content (AvgIpc) is 3.26. The Morgan fingerprint density at radius 3 is 2.40 bits per heavy atom. The summed E-state index contributed by atoms with van der Waals surface area (Å²) in [5.74, 6) is 0.00500. The predicted octanol–water partition coefficient (Wildman–Crippen LogP) is 4.91. The number of esters is 1. The topological polar surface area (TPSA) is 59.0 Å². The number of hydrogen-bond acceptors (Lipinski definition) is 5. The van der Waals surface area contributed by atoms with Gasteiger partial charge >= 0.3 is 5.97 Å². The van der Waals surface area contributed by atoms with Gasteiger partial charge in [0.2, 0.25) is 0 Å². The van der Waals surface area contributed by atoms with Crippen LogP contribution in [0, 0.1) is 6.92 Å². The summed E-state index contributed by atoms with van der Waals surface area (Å²) in [5.41, 5.74) is 4.37. The molecule has 0 N–H and O–H groups in total. The number of ether oxygens (including phenoxy) is 1. The minimum absolute atomic E-state index is 0.194. The maximum Gasteiger partial charge on any atom is 0.319 e. The number of nitrogens with zero attached hydrogens (tertiary/aromatic N) is 2. The lowest BCUT2D eigenvalue weighted by molar-refractivity contribution is -0.137. The maximum atomic E-state index is 13.2. The maximum absolute atomic E-state index is 13.2. The van der Waals surface area contributed by atoms with Gasteiger partial charge < -0.3 is 4.74 Å². The molecule has 1 fully saturated rings. The van der Waals surface area contributed by atoms with Crippen molar-refractivity contribution >= 4 is 40.6 Å². The van der Waals surface area contributed by atoms with Gasteiger partial charge in [-0.25, -0.2) is 4.99 Å². The fraction of sp³-hybridized carbons (Fsp3) is 0.292. The third kappa shape index (κ3) is 4.19. The van der Waals surface area contributed by atoms with Crippen LogP contribution in [-0.2, 0) is 14.3 Å². The Morgan fingerprint density at radius 1 is 1.10 bits per heavy atom. The van der Waals surface area contributed by atoms with Gasteiger partial charge in [0.15, 0.2) is 5.17 Å². The first-order chi connectivity index (χ1) is 14.4. The molecule has 2 aromatic rings. The van der Waals surface area contributed by atoms with E-state index in [2.05, 4.69) is 31.0 Å². The van der Waals surface area contributed by atoms with Crippen molar-refractivity contribution in [1.82, 2.24) is 0 Å². The van der Waals surface area contributed by atoms with Crippen LogP contribution in [0.15, 0.2) is 59.2 Å². The van der Waals surface area contributed by atoms with Crippen LogP contribution in [0.3, 0.4) is 0 Å². The van der Waals surface area contributed by atoms with Crippen molar-refractivity contribution < 1.29 is 14.3 Å². The fourth-order valence-corrected chi connectivity index (χ4v) is 4.42. The number of carbonyl (C=O) groups excluding carboxylic acids is 2. The Bertz CT molecular complexity index is 1020. The van der Waals surface area contributed by atoms with Gasteiger partial charge in [-0.2, -0.15) is 0 Å². The summed E-state index contributed by atoms with van der Waals surface area (Å²) < 4.78 is 5.08. The highest BCUT2D eigenvalue weighted by Gasteiger charge is 2.37. The summed E-state index contributed by atoms with van der Waals surface area (Å²) in [6, 6.07) is 15.9. The number of cyclic esters (lactones) is 1. The Kier molecular flexibility index (Phi) is 5.77. The second-order valence-corrected chi connectivity index (χ2v) is 8.95. The number of amidine groups is 1. The number of amides is 1. The molecule has 2 heterocycles. The molecule has 1 unspecified atom stereocenters. The monoisotopic (exact) mass is 420 g/mol. The second-order valence-electron chi connectivity index (χ2n) is 7.78. The molecule has 2 aliphatic heterocycles. The number of aliphatic imine (C=N–C) groups is 1. The number of benzene rings is 2. The summed E-state index contributed by atoms with van der Waals surface area (Å²) >= 11 is 1.29. The van der Waals surface area contributed by atoms with Crippen molar-refractivity contribution in [2.75, 3.05) is 11.5 Å². The molecule has 0 radical (unpaired) electrons. The van der Waals surface area contributed by atoms with Crippen LogP contribution < -0.4 is 4.90 Å². The van der Waals surface area contributed by atoms with E-state index in [9.17, 15) is 9.59 Å². The summed E-state index contributed by atoms with van der Waals surface area (Å²) in [6.07, 6.45) is 2.42. The van der Waals surface area contributed by atoms with E-state index in [-0.39, 0.29) is 17.1 Å². The molecule has 1 amide bonds. The van der Waals surface area contributed by atoms with Gasteiger partial charge in [-0.3, -0.25) is 14.5 Å². The van der Waals surface area contributed by atoms with Crippen LogP contribution in [-0.4, -0.2) is 28.9 Å². The van der Waals surface area contributed by atoms with E-state index < -0.39 is 0 Å². The first-order valence-corrected chi connectivity index (χ1v) is 10.9. The summed E-state index contributed by atoms with van der Waals surface area (Å²) in [4.78, 5) is 31.4. The lowest BCUT2D eigenvalue weighted by atomic mass is 10.0. The highest BCUT2D eigenvalue weighted by molar-refractivity contribution is 8.15. The molecule has 30 heavy (non-hydrogen) atoms. The van der Waals surface area contributed by atoms with Crippen molar-refractivity contribution in [2.45, 2.75) is 38.4 Å². The van der Waals surface area contributed by atoms with Crippen LogP contribution in [0.5, 0.6) is 0 Å². The van der Waals surface area contributed by atoms with E-state index in [0.29, 0.717) is 29.8 Å². The standard InChI is InChI=1S/C24H24N2O3S/c1-15(2)18-8-6-17(7-9-18)14-20-22(27)26(19-10-4-16(3)5-11-19)24(25-20)30-21-12-13-29-23(21)28/h4-11,14-15,21H,12-13H2,1-3H3/b20-14+. The van der Waals surface area contributed by atoms with E-state index in [1.807, 2.05) is 43.3 Å². The smallest absolute Gasteiger partial charge is 0.319 e. The van der Waals surface area contributed by atoms with Crippen LogP contribution >= 0.6 is 11.8 Å². The SMILES string of the molecule is Cc1ccc(N2C(=O)/C(=C\c3ccc(C(C)C)cc3)N=C2SC2CCOC2=O)cc1. The lowest BCUT2D eigenvalue weighted by Crippen LogP contribution is -2.32. The molecule has 154 valence electrons. The van der Waals surface area contributed by atoms with Gasteiger partial charge in [0.05, 0.1) is 12.3 Å². The van der Waals surface area contributed by atoms with Gasteiger partial charge in [-0.1, -0.05) is 67.6 Å². The van der Waals surface area contributed by atoms with E-state index in [1.54, 1.807) is 11.0 Å².